The van der Waals surface area contributed by atoms with E-state index in [1.165, 1.54) is 29.4 Å². The zero-order chi connectivity index (χ0) is 43.9. The number of nitrogens with two attached hydrogens (primary N) is 1. The SMILES string of the molecule is NC(=O)c1nn(-c2ccc(CCCCCCCOCCCc3cccc4c3C(=O)N(C3CCC(=O)NC3=O)C4=O)cc2)cc1NC(=O)c1coc(-c2ccnc(NCC3CC3)c2)n1. The second-order valence-electron chi connectivity index (χ2n) is 16.1. The van der Waals surface area contributed by atoms with E-state index < -0.39 is 41.5 Å². The average molecular weight is 856 g/mol. The number of nitrogens with one attached hydrogen (secondary N) is 3. The number of carbonyl (C=O) groups is 6. The third-order valence-corrected chi connectivity index (χ3v) is 11.5. The van der Waals surface area contributed by atoms with Crippen LogP contribution in [0.2, 0.25) is 0 Å². The number of aromatic nitrogens is 4. The van der Waals surface area contributed by atoms with Gasteiger partial charge in [-0.2, -0.15) is 5.10 Å². The van der Waals surface area contributed by atoms with E-state index in [1.54, 1.807) is 30.6 Å². The first-order valence-electron chi connectivity index (χ1n) is 21.5. The van der Waals surface area contributed by atoms with Crippen molar-refractivity contribution in [3.05, 3.63) is 107 Å². The van der Waals surface area contributed by atoms with E-state index in [9.17, 15) is 28.8 Å². The van der Waals surface area contributed by atoms with E-state index in [4.69, 9.17) is 14.9 Å². The molecule has 8 rings (SSSR count). The van der Waals surface area contributed by atoms with Crippen LogP contribution in [0, 0.1) is 5.92 Å². The standard InChI is InChI=1S/C46H49N9O8/c47-41(57)40-34(50-42(58)35-27-63-44(51-35)31-20-21-48-37(24-31)49-25-29-12-13-29)26-54(53-40)32-16-14-28(15-17-32)8-4-2-1-3-5-22-62-23-7-10-30-9-6-11-33-39(30)46(61)55(45(33)60)36-18-19-38(56)52-43(36)59/h6,9,11,14-17,20-21,24,26-27,29,36H,1-5,7-8,10,12-13,18-19,22-23,25H2,(H2,47,57)(H,48,49)(H,50,58)(H,52,56,59). The van der Waals surface area contributed by atoms with Crippen molar-refractivity contribution in [1.82, 2.24) is 30.0 Å². The normalized spacial score (nSPS) is 16.0. The minimum absolute atomic E-state index is 0.0267. The number of imide groups is 2. The number of nitrogens with zero attached hydrogens (tertiary/aromatic N) is 5. The van der Waals surface area contributed by atoms with Gasteiger partial charge in [0.1, 0.15) is 18.1 Å². The van der Waals surface area contributed by atoms with E-state index in [1.807, 2.05) is 36.4 Å². The number of benzene rings is 2. The Hall–Kier alpha value is -7.01. The average Bonchev–Trinajstić information content (AvgIpc) is 3.68. The lowest BCUT2D eigenvalue weighted by molar-refractivity contribution is -0.136. The molecule has 2 aliphatic heterocycles. The molecular formula is C46H49N9O8. The van der Waals surface area contributed by atoms with Gasteiger partial charge in [-0.3, -0.25) is 39.0 Å². The van der Waals surface area contributed by atoms with Crippen molar-refractivity contribution in [2.45, 2.75) is 83.1 Å². The van der Waals surface area contributed by atoms with Gasteiger partial charge in [0.25, 0.3) is 23.6 Å². The lowest BCUT2D eigenvalue weighted by atomic mass is 9.99. The summed E-state index contributed by atoms with van der Waals surface area (Å²) >= 11 is 0. The molecule has 2 fully saturated rings. The molecule has 1 saturated carbocycles. The third kappa shape index (κ3) is 10.2. The molecule has 2 aromatic carbocycles. The highest BCUT2D eigenvalue weighted by molar-refractivity contribution is 6.24. The highest BCUT2D eigenvalue weighted by Gasteiger charge is 2.45. The van der Waals surface area contributed by atoms with Gasteiger partial charge < -0.3 is 25.5 Å². The number of piperidine rings is 1. The van der Waals surface area contributed by atoms with Crippen LogP contribution in [0.15, 0.2) is 77.7 Å². The summed E-state index contributed by atoms with van der Waals surface area (Å²) in [5.74, 6) is -1.74. The maximum absolute atomic E-state index is 13.3. The number of hydrogen-bond donors (Lipinski definition) is 4. The fourth-order valence-corrected chi connectivity index (χ4v) is 7.85. The van der Waals surface area contributed by atoms with Crippen molar-refractivity contribution in [2.75, 3.05) is 30.4 Å². The molecule has 6 amide bonds. The lowest BCUT2D eigenvalue weighted by Gasteiger charge is -2.27. The number of aryl methyl sites for hydroxylation is 2. The maximum Gasteiger partial charge on any atom is 0.277 e. The Balaban J connectivity index is 0.729. The number of pyridine rings is 1. The molecule has 1 unspecified atom stereocenters. The number of fused-ring (bicyclic) bond motifs is 1. The molecule has 5 aromatic rings. The summed E-state index contributed by atoms with van der Waals surface area (Å²) in [6, 6.07) is 15.6. The van der Waals surface area contributed by atoms with Crippen LogP contribution in [0.5, 0.6) is 0 Å². The van der Waals surface area contributed by atoms with Crippen molar-refractivity contribution in [3.63, 3.8) is 0 Å². The van der Waals surface area contributed by atoms with Crippen molar-refractivity contribution in [2.24, 2.45) is 11.7 Å². The van der Waals surface area contributed by atoms with E-state index in [-0.39, 0.29) is 35.8 Å². The Labute approximate surface area is 363 Å². The summed E-state index contributed by atoms with van der Waals surface area (Å²) in [5, 5.41) is 12.6. The Bertz CT molecular complexity index is 2530. The van der Waals surface area contributed by atoms with Gasteiger partial charge in [0.2, 0.25) is 17.7 Å². The first kappa shape index (κ1) is 42.7. The van der Waals surface area contributed by atoms with Crippen LogP contribution in [0.1, 0.15) is 117 Å². The Kier molecular flexibility index (Phi) is 13.1. The molecule has 63 heavy (non-hydrogen) atoms. The Morgan fingerprint density at radius 2 is 1.70 bits per heavy atom. The second-order valence-corrected chi connectivity index (χ2v) is 16.1. The number of hydrogen-bond acceptors (Lipinski definition) is 12. The van der Waals surface area contributed by atoms with E-state index in [0.29, 0.717) is 60.2 Å². The number of carbonyl (C=O) groups excluding carboxylic acids is 6. The second kappa shape index (κ2) is 19.4. The van der Waals surface area contributed by atoms with Gasteiger partial charge in [-0.15, -0.1) is 0 Å². The van der Waals surface area contributed by atoms with E-state index in [0.717, 1.165) is 55.5 Å². The quantitative estimate of drug-likeness (QED) is 0.0519. The zero-order valence-electron chi connectivity index (χ0n) is 34.8. The predicted octanol–water partition coefficient (Wildman–Crippen LogP) is 5.64. The molecule has 1 atom stereocenters. The molecule has 0 radical (unpaired) electrons. The van der Waals surface area contributed by atoms with Gasteiger partial charge >= 0.3 is 0 Å². The van der Waals surface area contributed by atoms with Gasteiger partial charge in [0, 0.05) is 37.9 Å². The molecule has 5 heterocycles. The molecule has 0 spiro atoms. The van der Waals surface area contributed by atoms with Crippen LogP contribution >= 0.6 is 0 Å². The Morgan fingerprint density at radius 3 is 2.49 bits per heavy atom. The minimum Gasteiger partial charge on any atom is -0.444 e. The summed E-state index contributed by atoms with van der Waals surface area (Å²) in [5.41, 5.74) is 9.62. The highest BCUT2D eigenvalue weighted by Crippen LogP contribution is 2.31. The number of ether oxygens (including phenoxy) is 1. The number of unbranched alkanes of at least 4 members (excludes halogenated alkanes) is 4. The van der Waals surface area contributed by atoms with E-state index in [2.05, 4.69) is 31.0 Å². The fourth-order valence-electron chi connectivity index (χ4n) is 7.85. The summed E-state index contributed by atoms with van der Waals surface area (Å²) in [6.07, 6.45) is 14.4. The van der Waals surface area contributed by atoms with Crippen molar-refractivity contribution in [1.29, 1.82) is 0 Å². The highest BCUT2D eigenvalue weighted by atomic mass is 16.5. The predicted molar refractivity (Wildman–Crippen MR) is 230 cm³/mol. The first-order valence-corrected chi connectivity index (χ1v) is 21.5. The molecule has 17 heteroatoms. The van der Waals surface area contributed by atoms with Crippen LogP contribution in [0.4, 0.5) is 11.5 Å². The van der Waals surface area contributed by atoms with Gasteiger partial charge in [0.15, 0.2) is 11.4 Å². The van der Waals surface area contributed by atoms with Crippen LogP contribution in [0.25, 0.3) is 17.1 Å². The molecule has 5 N–H and O–H groups in total. The van der Waals surface area contributed by atoms with Gasteiger partial charge in [0.05, 0.1) is 28.7 Å². The van der Waals surface area contributed by atoms with Crippen LogP contribution in [-0.2, 0) is 27.2 Å². The number of amides is 6. The van der Waals surface area contributed by atoms with Gasteiger partial charge in [-0.25, -0.2) is 14.6 Å². The summed E-state index contributed by atoms with van der Waals surface area (Å²) in [7, 11) is 0. The Morgan fingerprint density at radius 1 is 0.905 bits per heavy atom. The minimum atomic E-state index is -0.985. The van der Waals surface area contributed by atoms with Crippen LogP contribution in [-0.4, -0.2) is 85.9 Å². The number of primary amides is 1. The van der Waals surface area contributed by atoms with Gasteiger partial charge in [-0.05, 0) is 98.7 Å². The number of oxazole rings is 1. The summed E-state index contributed by atoms with van der Waals surface area (Å²) in [4.78, 5) is 85.5. The fraction of sp³-hybridized carbons (Fsp3) is 0.370. The number of anilines is 2. The lowest BCUT2D eigenvalue weighted by Crippen LogP contribution is -2.54. The smallest absolute Gasteiger partial charge is 0.277 e. The number of rotatable bonds is 21. The van der Waals surface area contributed by atoms with Crippen molar-refractivity contribution < 1.29 is 37.9 Å². The van der Waals surface area contributed by atoms with Crippen LogP contribution in [0.3, 0.4) is 0 Å². The topological polar surface area (TPSA) is 234 Å². The largest absolute Gasteiger partial charge is 0.444 e. The van der Waals surface area contributed by atoms with E-state index >= 15 is 0 Å². The molecule has 0 bridgehead atoms. The molecule has 3 aliphatic rings. The summed E-state index contributed by atoms with van der Waals surface area (Å²) in [6.45, 7) is 2.02. The molecule has 1 aliphatic carbocycles. The molecule has 17 nitrogen and oxygen atoms in total. The monoisotopic (exact) mass is 855 g/mol. The van der Waals surface area contributed by atoms with Crippen LogP contribution < -0.4 is 21.7 Å². The summed E-state index contributed by atoms with van der Waals surface area (Å²) < 4.78 is 13.0. The van der Waals surface area contributed by atoms with Gasteiger partial charge in [-0.1, -0.05) is 43.5 Å². The zero-order valence-corrected chi connectivity index (χ0v) is 34.8. The third-order valence-electron chi connectivity index (χ3n) is 11.5. The molecule has 1 saturated heterocycles. The van der Waals surface area contributed by atoms with Crippen molar-refractivity contribution >= 4 is 46.9 Å². The molecule has 326 valence electrons. The van der Waals surface area contributed by atoms with Crippen molar-refractivity contribution in [3.8, 4) is 17.1 Å². The first-order chi connectivity index (χ1) is 30.6. The molecule has 3 aromatic heterocycles. The molecular weight excluding hydrogens is 807 g/mol. The maximum atomic E-state index is 13.3.